The molecule has 0 aromatic heterocycles. The second kappa shape index (κ2) is 10.1. The highest BCUT2D eigenvalue weighted by Gasteiger charge is 2.31. The van der Waals surface area contributed by atoms with Crippen LogP contribution in [-0.2, 0) is 19.6 Å². The highest BCUT2D eigenvalue weighted by molar-refractivity contribution is 7.89. The Balaban J connectivity index is 2.23. The molecule has 1 aliphatic heterocycles. The summed E-state index contributed by atoms with van der Waals surface area (Å²) < 4.78 is 37.6. The number of ether oxygens (including phenoxy) is 2. The summed E-state index contributed by atoms with van der Waals surface area (Å²) in [6.07, 6.45) is 1.07. The molecule has 0 bridgehead atoms. The number of likely N-dealkylation sites (tertiary alicyclic amines) is 1. The molecule has 0 atom stereocenters. The van der Waals surface area contributed by atoms with Crippen molar-refractivity contribution in [3.63, 3.8) is 0 Å². The lowest BCUT2D eigenvalue weighted by Gasteiger charge is -2.31. The van der Waals surface area contributed by atoms with E-state index in [-0.39, 0.29) is 34.0 Å². The van der Waals surface area contributed by atoms with Crippen LogP contribution >= 0.6 is 0 Å². The van der Waals surface area contributed by atoms with Crippen molar-refractivity contribution in [3.8, 4) is 5.75 Å². The lowest BCUT2D eigenvalue weighted by Crippen LogP contribution is -2.40. The molecule has 0 N–H and O–H groups in total. The number of hydrogen-bond donors (Lipinski definition) is 0. The number of esters is 1. The van der Waals surface area contributed by atoms with Crippen molar-refractivity contribution in [2.45, 2.75) is 38.5 Å². The fourth-order valence-electron chi connectivity index (χ4n) is 3.47. The van der Waals surface area contributed by atoms with Gasteiger partial charge in [0.15, 0.2) is 0 Å². The van der Waals surface area contributed by atoms with Gasteiger partial charge in [-0.05, 0) is 38.0 Å². The third-order valence-corrected chi connectivity index (χ3v) is 7.21. The first-order valence-electron chi connectivity index (χ1n) is 9.94. The van der Waals surface area contributed by atoms with Gasteiger partial charge in [0.05, 0.1) is 19.6 Å². The molecule has 0 radical (unpaired) electrons. The molecular formula is C20H30N2O6S. The van der Waals surface area contributed by atoms with Gasteiger partial charge in [0.25, 0.3) is 5.91 Å². The van der Waals surface area contributed by atoms with E-state index in [2.05, 4.69) is 0 Å². The molecule has 0 saturated carbocycles. The van der Waals surface area contributed by atoms with E-state index in [4.69, 9.17) is 9.47 Å². The van der Waals surface area contributed by atoms with Gasteiger partial charge in [-0.1, -0.05) is 13.8 Å². The van der Waals surface area contributed by atoms with E-state index < -0.39 is 10.0 Å². The van der Waals surface area contributed by atoms with E-state index in [0.29, 0.717) is 45.6 Å². The van der Waals surface area contributed by atoms with Crippen LogP contribution in [0.2, 0.25) is 0 Å². The number of carbonyl (C=O) groups excluding carboxylic acids is 2. The number of piperidine rings is 1. The van der Waals surface area contributed by atoms with Crippen LogP contribution in [0.5, 0.6) is 5.75 Å². The molecule has 1 heterocycles. The molecule has 8 nitrogen and oxygen atoms in total. The molecule has 1 saturated heterocycles. The highest BCUT2D eigenvalue weighted by atomic mass is 32.2. The minimum absolute atomic E-state index is 0.0176. The normalized spacial score (nSPS) is 15.4. The van der Waals surface area contributed by atoms with E-state index in [0.717, 1.165) is 0 Å². The molecule has 1 aromatic carbocycles. The summed E-state index contributed by atoms with van der Waals surface area (Å²) in [5.41, 5.74) is 0.283. The average Bonchev–Trinajstić information content (AvgIpc) is 2.73. The zero-order valence-electron chi connectivity index (χ0n) is 17.5. The van der Waals surface area contributed by atoms with Crippen LogP contribution in [0.3, 0.4) is 0 Å². The van der Waals surface area contributed by atoms with E-state index >= 15 is 0 Å². The Hall–Kier alpha value is -2.13. The van der Waals surface area contributed by atoms with Crippen LogP contribution in [0.15, 0.2) is 23.1 Å². The summed E-state index contributed by atoms with van der Waals surface area (Å²) in [6.45, 7) is 7.12. The first-order chi connectivity index (χ1) is 13.8. The number of amides is 1. The molecule has 0 unspecified atom stereocenters. The predicted molar refractivity (Wildman–Crippen MR) is 108 cm³/mol. The third-order valence-electron chi connectivity index (χ3n) is 5.14. The van der Waals surface area contributed by atoms with Crippen molar-refractivity contribution in [1.29, 1.82) is 0 Å². The van der Waals surface area contributed by atoms with Crippen LogP contribution in [0.1, 0.15) is 44.0 Å². The first-order valence-corrected chi connectivity index (χ1v) is 11.4. The van der Waals surface area contributed by atoms with Gasteiger partial charge in [0, 0.05) is 31.7 Å². The van der Waals surface area contributed by atoms with Crippen molar-refractivity contribution in [1.82, 2.24) is 9.21 Å². The lowest BCUT2D eigenvalue weighted by atomic mass is 9.96. The third kappa shape index (κ3) is 5.08. The van der Waals surface area contributed by atoms with Crippen molar-refractivity contribution in [3.05, 3.63) is 23.8 Å². The molecule has 162 valence electrons. The molecule has 29 heavy (non-hydrogen) atoms. The fourth-order valence-corrected chi connectivity index (χ4v) is 5.11. The molecule has 1 aliphatic rings. The highest BCUT2D eigenvalue weighted by Crippen LogP contribution is 2.29. The molecule has 0 spiro atoms. The second-order valence-electron chi connectivity index (χ2n) is 6.77. The maximum atomic E-state index is 13.0. The van der Waals surface area contributed by atoms with Crippen LogP contribution in [0, 0.1) is 5.92 Å². The SMILES string of the molecule is CCOC(=O)C1CCN(C(=O)c2ccc(OC)c(S(=O)(=O)N(CC)CC)c2)CC1. The Labute approximate surface area is 172 Å². The summed E-state index contributed by atoms with van der Waals surface area (Å²) in [7, 11) is -2.38. The Morgan fingerprint density at radius 1 is 1.14 bits per heavy atom. The van der Waals surface area contributed by atoms with Gasteiger partial charge in [0.1, 0.15) is 10.6 Å². The molecule has 1 amide bonds. The lowest BCUT2D eigenvalue weighted by molar-refractivity contribution is -0.149. The summed E-state index contributed by atoms with van der Waals surface area (Å²) in [5.74, 6) is -0.481. The Morgan fingerprint density at radius 3 is 2.28 bits per heavy atom. The van der Waals surface area contributed by atoms with Crippen LogP contribution in [0.4, 0.5) is 0 Å². The number of sulfonamides is 1. The van der Waals surface area contributed by atoms with Crippen LogP contribution in [0.25, 0.3) is 0 Å². The van der Waals surface area contributed by atoms with Gasteiger partial charge in [0.2, 0.25) is 10.0 Å². The maximum Gasteiger partial charge on any atom is 0.309 e. The Kier molecular flexibility index (Phi) is 8.04. The minimum atomic E-state index is -3.78. The Bertz CT molecular complexity index is 827. The van der Waals surface area contributed by atoms with Crippen LogP contribution < -0.4 is 4.74 Å². The standard InChI is InChI=1S/C20H30N2O6S/c1-5-22(6-2)29(25,26)18-14-16(8-9-17(18)27-4)19(23)21-12-10-15(11-13-21)20(24)28-7-3/h8-9,14-15H,5-7,10-13H2,1-4H3. The molecule has 0 aliphatic carbocycles. The number of rotatable bonds is 8. The van der Waals surface area contributed by atoms with Crippen molar-refractivity contribution in [2.75, 3.05) is 39.9 Å². The topological polar surface area (TPSA) is 93.2 Å². The van der Waals surface area contributed by atoms with Crippen molar-refractivity contribution in [2.24, 2.45) is 5.92 Å². The smallest absolute Gasteiger partial charge is 0.309 e. The van der Waals surface area contributed by atoms with E-state index in [1.165, 1.54) is 23.5 Å². The van der Waals surface area contributed by atoms with E-state index in [1.807, 2.05) is 0 Å². The number of methoxy groups -OCH3 is 1. The molecule has 1 aromatic rings. The molecule has 1 fully saturated rings. The molecule has 2 rings (SSSR count). The number of carbonyl (C=O) groups is 2. The number of benzene rings is 1. The number of nitrogens with zero attached hydrogens (tertiary/aromatic N) is 2. The van der Waals surface area contributed by atoms with E-state index in [1.54, 1.807) is 31.7 Å². The zero-order chi connectivity index (χ0) is 21.6. The van der Waals surface area contributed by atoms with Gasteiger partial charge in [-0.2, -0.15) is 4.31 Å². The Morgan fingerprint density at radius 2 is 1.76 bits per heavy atom. The summed E-state index contributed by atoms with van der Waals surface area (Å²) in [4.78, 5) is 26.5. The van der Waals surface area contributed by atoms with Crippen molar-refractivity contribution >= 4 is 21.9 Å². The maximum absolute atomic E-state index is 13.0. The zero-order valence-corrected chi connectivity index (χ0v) is 18.3. The van der Waals surface area contributed by atoms with Gasteiger partial charge in [-0.15, -0.1) is 0 Å². The van der Waals surface area contributed by atoms with E-state index in [9.17, 15) is 18.0 Å². The largest absolute Gasteiger partial charge is 0.495 e. The molecule has 9 heteroatoms. The van der Waals surface area contributed by atoms with Gasteiger partial charge in [-0.3, -0.25) is 9.59 Å². The quantitative estimate of drug-likeness (QED) is 0.591. The summed E-state index contributed by atoms with van der Waals surface area (Å²) in [6, 6.07) is 4.46. The van der Waals surface area contributed by atoms with Gasteiger partial charge in [-0.25, -0.2) is 8.42 Å². The average molecular weight is 427 g/mol. The summed E-state index contributed by atoms with van der Waals surface area (Å²) in [5, 5.41) is 0. The molecular weight excluding hydrogens is 396 g/mol. The predicted octanol–water partition coefficient (Wildman–Crippen LogP) is 2.14. The van der Waals surface area contributed by atoms with Gasteiger partial charge < -0.3 is 14.4 Å². The van der Waals surface area contributed by atoms with Crippen molar-refractivity contribution < 1.29 is 27.5 Å². The number of hydrogen-bond acceptors (Lipinski definition) is 6. The minimum Gasteiger partial charge on any atom is -0.495 e. The second-order valence-corrected chi connectivity index (χ2v) is 8.68. The fraction of sp³-hybridized carbons (Fsp3) is 0.600. The van der Waals surface area contributed by atoms with Crippen LogP contribution in [-0.4, -0.2) is 69.4 Å². The monoisotopic (exact) mass is 426 g/mol. The summed E-state index contributed by atoms with van der Waals surface area (Å²) >= 11 is 0. The first kappa shape index (κ1) is 23.2. The van der Waals surface area contributed by atoms with Gasteiger partial charge >= 0.3 is 5.97 Å².